The van der Waals surface area contributed by atoms with E-state index in [1.54, 1.807) is 6.08 Å². The van der Waals surface area contributed by atoms with Gasteiger partial charge in [-0.15, -0.1) is 0 Å². The van der Waals surface area contributed by atoms with E-state index in [1.807, 2.05) is 24.3 Å². The predicted octanol–water partition coefficient (Wildman–Crippen LogP) is 4.85. The zero-order valence-electron chi connectivity index (χ0n) is 16.5. The highest BCUT2D eigenvalue weighted by atomic mass is 16.6. The average Bonchev–Trinajstić information content (AvgIpc) is 3.10. The fourth-order valence-electron chi connectivity index (χ4n) is 3.81. The van der Waals surface area contributed by atoms with Crippen LogP contribution in [0.5, 0.6) is 5.75 Å². The molecule has 0 saturated heterocycles. The molecule has 0 bridgehead atoms. The Hall–Kier alpha value is -4.13. The van der Waals surface area contributed by atoms with Crippen molar-refractivity contribution >= 4 is 17.9 Å². The van der Waals surface area contributed by atoms with Crippen molar-refractivity contribution in [3.63, 3.8) is 0 Å². The normalized spacial score (nSPS) is 12.4. The number of fused-ring (bicyclic) bond motifs is 3. The first kappa shape index (κ1) is 20.2. The summed E-state index contributed by atoms with van der Waals surface area (Å²) >= 11 is 0. The molecule has 0 radical (unpaired) electrons. The van der Waals surface area contributed by atoms with Crippen LogP contribution >= 0.6 is 0 Å². The van der Waals surface area contributed by atoms with Gasteiger partial charge in [-0.1, -0.05) is 60.7 Å². The number of hydrogen-bond acceptors (Lipinski definition) is 5. The van der Waals surface area contributed by atoms with E-state index in [1.165, 1.54) is 18.2 Å². The lowest BCUT2D eigenvalue weighted by atomic mass is 9.98. The van der Waals surface area contributed by atoms with Gasteiger partial charge in [-0.3, -0.25) is 10.1 Å². The van der Waals surface area contributed by atoms with Crippen LogP contribution in [0.15, 0.2) is 72.8 Å². The Balaban J connectivity index is 1.35. The Labute approximate surface area is 178 Å². The molecule has 0 spiro atoms. The number of amides is 1. The predicted molar refractivity (Wildman–Crippen MR) is 117 cm³/mol. The van der Waals surface area contributed by atoms with Crippen LogP contribution in [0.2, 0.25) is 0 Å². The van der Waals surface area contributed by atoms with Gasteiger partial charge in [0.25, 0.3) is 5.69 Å². The number of nitro benzene ring substituents is 1. The molecule has 0 aromatic heterocycles. The number of rotatable bonds is 6. The number of carbonyl (C=O) groups is 1. The third-order valence-electron chi connectivity index (χ3n) is 5.22. The number of benzene rings is 3. The Morgan fingerprint density at radius 2 is 1.71 bits per heavy atom. The summed E-state index contributed by atoms with van der Waals surface area (Å²) in [5.41, 5.74) is 4.71. The van der Waals surface area contributed by atoms with Crippen molar-refractivity contribution in [3.05, 3.63) is 99.6 Å². The van der Waals surface area contributed by atoms with E-state index < -0.39 is 11.0 Å². The number of phenolic OH excluding ortho intramolecular Hbond substituents is 1. The standard InChI is InChI=1S/C24H20N2O5/c27-17-12-11-16(23(14-17)26(29)30)6-5-13-25-24(28)31-15-22-20-9-3-1-7-18(20)19-8-2-4-10-21(19)22/h1-12,14,22,27H,13,15H2,(H,25,28). The number of hydrogen-bond donors (Lipinski definition) is 2. The average molecular weight is 416 g/mol. The summed E-state index contributed by atoms with van der Waals surface area (Å²) in [5, 5.41) is 23.1. The number of aromatic hydroxyl groups is 1. The Bertz CT molecular complexity index is 1130. The molecule has 0 atom stereocenters. The van der Waals surface area contributed by atoms with Crippen molar-refractivity contribution in [3.8, 4) is 16.9 Å². The van der Waals surface area contributed by atoms with Gasteiger partial charge in [-0.2, -0.15) is 0 Å². The summed E-state index contributed by atoms with van der Waals surface area (Å²) in [6.45, 7) is 0.363. The van der Waals surface area contributed by atoms with Crippen molar-refractivity contribution in [2.45, 2.75) is 5.92 Å². The molecule has 2 N–H and O–H groups in total. The Kier molecular flexibility index (Phi) is 5.66. The van der Waals surface area contributed by atoms with Crippen molar-refractivity contribution in [1.82, 2.24) is 5.32 Å². The first-order valence-electron chi connectivity index (χ1n) is 9.77. The lowest BCUT2D eigenvalue weighted by Crippen LogP contribution is -2.26. The van der Waals surface area contributed by atoms with Crippen LogP contribution in [0.1, 0.15) is 22.6 Å². The fourth-order valence-corrected chi connectivity index (χ4v) is 3.81. The summed E-state index contributed by atoms with van der Waals surface area (Å²) in [4.78, 5) is 22.6. The minimum atomic E-state index is -0.571. The van der Waals surface area contributed by atoms with E-state index in [4.69, 9.17) is 4.74 Å². The monoisotopic (exact) mass is 416 g/mol. The molecule has 0 heterocycles. The molecule has 3 aromatic rings. The summed E-state index contributed by atoms with van der Waals surface area (Å²) < 4.78 is 5.44. The lowest BCUT2D eigenvalue weighted by Gasteiger charge is -2.14. The van der Waals surface area contributed by atoms with Gasteiger partial charge in [-0.05, 0) is 34.4 Å². The van der Waals surface area contributed by atoms with Crippen LogP contribution in [0.25, 0.3) is 17.2 Å². The van der Waals surface area contributed by atoms with Crippen molar-refractivity contribution in [2.75, 3.05) is 13.2 Å². The molecule has 7 nitrogen and oxygen atoms in total. The molecule has 156 valence electrons. The quantitative estimate of drug-likeness (QED) is 0.442. The second kappa shape index (κ2) is 8.71. The molecule has 7 heteroatoms. The van der Waals surface area contributed by atoms with Gasteiger partial charge in [0.2, 0.25) is 0 Å². The molecule has 4 rings (SSSR count). The van der Waals surface area contributed by atoms with Crippen LogP contribution in [0.4, 0.5) is 10.5 Å². The van der Waals surface area contributed by atoms with E-state index in [2.05, 4.69) is 29.6 Å². The van der Waals surface area contributed by atoms with Crippen molar-refractivity contribution in [1.29, 1.82) is 0 Å². The molecule has 0 aliphatic heterocycles. The van der Waals surface area contributed by atoms with E-state index in [-0.39, 0.29) is 30.5 Å². The van der Waals surface area contributed by atoms with Crippen molar-refractivity contribution < 1.29 is 19.6 Å². The third-order valence-corrected chi connectivity index (χ3v) is 5.22. The van der Waals surface area contributed by atoms with Crippen LogP contribution in [0, 0.1) is 10.1 Å². The molecule has 31 heavy (non-hydrogen) atoms. The highest BCUT2D eigenvalue weighted by molar-refractivity contribution is 5.79. The van der Waals surface area contributed by atoms with E-state index in [0.29, 0.717) is 5.56 Å². The number of alkyl carbamates (subject to hydrolysis) is 1. The SMILES string of the molecule is O=C(NCC=Cc1ccc(O)cc1[N+](=O)[O-])OCC1c2ccccc2-c2ccccc21. The summed E-state index contributed by atoms with van der Waals surface area (Å²) in [6, 6.07) is 20.1. The third kappa shape index (κ3) is 4.25. The second-order valence-electron chi connectivity index (χ2n) is 7.11. The zero-order valence-corrected chi connectivity index (χ0v) is 16.5. The number of phenols is 1. The molecule has 0 unspecified atom stereocenters. The molecule has 3 aromatic carbocycles. The maximum Gasteiger partial charge on any atom is 0.407 e. The van der Waals surface area contributed by atoms with Gasteiger partial charge in [0.1, 0.15) is 12.4 Å². The van der Waals surface area contributed by atoms with Crippen LogP contribution in [0.3, 0.4) is 0 Å². The van der Waals surface area contributed by atoms with Gasteiger partial charge >= 0.3 is 6.09 Å². The number of ether oxygens (including phenoxy) is 1. The molecular formula is C24H20N2O5. The van der Waals surface area contributed by atoms with Gasteiger partial charge in [0, 0.05) is 12.5 Å². The van der Waals surface area contributed by atoms with Crippen LogP contribution < -0.4 is 5.32 Å². The molecular weight excluding hydrogens is 396 g/mol. The number of nitrogens with zero attached hydrogens (tertiary/aromatic N) is 1. The van der Waals surface area contributed by atoms with Crippen LogP contribution in [-0.2, 0) is 4.74 Å². The van der Waals surface area contributed by atoms with Gasteiger partial charge < -0.3 is 15.2 Å². The van der Waals surface area contributed by atoms with Crippen molar-refractivity contribution in [2.24, 2.45) is 0 Å². The lowest BCUT2D eigenvalue weighted by molar-refractivity contribution is -0.385. The smallest absolute Gasteiger partial charge is 0.407 e. The van der Waals surface area contributed by atoms with Crippen LogP contribution in [-0.4, -0.2) is 29.3 Å². The summed E-state index contributed by atoms with van der Waals surface area (Å²) in [5.74, 6) is -0.200. The zero-order chi connectivity index (χ0) is 21.8. The maximum atomic E-state index is 12.1. The minimum Gasteiger partial charge on any atom is -0.508 e. The maximum absolute atomic E-state index is 12.1. The summed E-state index contributed by atoms with van der Waals surface area (Å²) in [7, 11) is 0. The molecule has 1 amide bonds. The highest BCUT2D eigenvalue weighted by Crippen LogP contribution is 2.44. The molecule has 1 aliphatic carbocycles. The molecule has 0 fully saturated rings. The Morgan fingerprint density at radius 1 is 1.06 bits per heavy atom. The van der Waals surface area contributed by atoms with Gasteiger partial charge in [-0.25, -0.2) is 4.79 Å². The first-order chi connectivity index (χ1) is 15.0. The number of nitro groups is 1. The van der Waals surface area contributed by atoms with E-state index in [9.17, 15) is 20.0 Å². The van der Waals surface area contributed by atoms with E-state index >= 15 is 0 Å². The largest absolute Gasteiger partial charge is 0.508 e. The van der Waals surface area contributed by atoms with Gasteiger partial charge in [0.15, 0.2) is 0 Å². The van der Waals surface area contributed by atoms with E-state index in [0.717, 1.165) is 28.3 Å². The number of nitrogens with one attached hydrogen (secondary N) is 1. The highest BCUT2D eigenvalue weighted by Gasteiger charge is 2.28. The minimum absolute atomic E-state index is 0.0201. The summed E-state index contributed by atoms with van der Waals surface area (Å²) in [6.07, 6.45) is 2.54. The van der Waals surface area contributed by atoms with Gasteiger partial charge in [0.05, 0.1) is 16.6 Å². The Morgan fingerprint density at radius 3 is 2.35 bits per heavy atom. The second-order valence-corrected chi connectivity index (χ2v) is 7.11. The first-order valence-corrected chi connectivity index (χ1v) is 9.77. The molecule has 1 aliphatic rings. The molecule has 0 saturated carbocycles. The number of carbonyl (C=O) groups excluding carboxylic acids is 1. The topological polar surface area (TPSA) is 102 Å². The fraction of sp³-hybridized carbons (Fsp3) is 0.125.